The fourth-order valence-electron chi connectivity index (χ4n) is 3.90. The van der Waals surface area contributed by atoms with Gasteiger partial charge in [0.15, 0.2) is 0 Å². The molecule has 6 nitrogen and oxygen atoms in total. The molecule has 1 amide bonds. The smallest absolute Gasteiger partial charge is 0.231 e. The van der Waals surface area contributed by atoms with Gasteiger partial charge < -0.3 is 14.6 Å². The molecule has 0 bridgehead atoms. The fraction of sp³-hybridized carbons (Fsp3) is 0.409. The Hall–Kier alpha value is -2.60. The monoisotopic (exact) mass is 412 g/mol. The lowest BCUT2D eigenvalue weighted by Gasteiger charge is -2.33. The summed E-state index contributed by atoms with van der Waals surface area (Å²) in [6.45, 7) is 9.25. The van der Waals surface area contributed by atoms with Crippen LogP contribution in [0.15, 0.2) is 22.6 Å². The molecule has 1 N–H and O–H groups in total. The molecule has 1 atom stereocenters. The third kappa shape index (κ3) is 3.81. The molecular formula is C22H25ClN4O2. The Morgan fingerprint density at radius 2 is 2.03 bits per heavy atom. The zero-order chi connectivity index (χ0) is 20.7. The topological polar surface area (TPSA) is 71.3 Å². The number of aryl methyl sites for hydroxylation is 4. The van der Waals surface area contributed by atoms with Gasteiger partial charge in [0, 0.05) is 18.7 Å². The second kappa shape index (κ2) is 7.67. The Balaban J connectivity index is 1.59. The van der Waals surface area contributed by atoms with E-state index in [9.17, 15) is 4.79 Å². The molecule has 0 spiro atoms. The highest BCUT2D eigenvalue weighted by Crippen LogP contribution is 2.34. The highest BCUT2D eigenvalue weighted by molar-refractivity contribution is 6.33. The highest BCUT2D eigenvalue weighted by atomic mass is 35.5. The minimum Gasteiger partial charge on any atom is -0.443 e. The number of benzene rings is 1. The van der Waals surface area contributed by atoms with Crippen molar-refractivity contribution < 1.29 is 9.21 Å². The number of fused-ring (bicyclic) bond motifs is 1. The van der Waals surface area contributed by atoms with Gasteiger partial charge in [-0.25, -0.2) is 4.98 Å². The lowest BCUT2D eigenvalue weighted by molar-refractivity contribution is -0.120. The third-order valence-electron chi connectivity index (χ3n) is 5.60. The summed E-state index contributed by atoms with van der Waals surface area (Å²) < 4.78 is 5.82. The van der Waals surface area contributed by atoms with Crippen molar-refractivity contribution in [1.29, 1.82) is 0 Å². The van der Waals surface area contributed by atoms with Crippen LogP contribution < -0.4 is 10.2 Å². The number of aromatic nitrogens is 2. The largest absolute Gasteiger partial charge is 0.443 e. The first-order chi connectivity index (χ1) is 13.8. The molecule has 1 fully saturated rings. The number of halogens is 1. The second-order valence-corrected chi connectivity index (χ2v) is 8.22. The molecule has 0 saturated carbocycles. The summed E-state index contributed by atoms with van der Waals surface area (Å²) in [5.41, 5.74) is 3.38. The maximum atomic E-state index is 12.9. The van der Waals surface area contributed by atoms with Gasteiger partial charge in [0.25, 0.3) is 0 Å². The predicted octanol–water partition coefficient (Wildman–Crippen LogP) is 4.96. The summed E-state index contributed by atoms with van der Waals surface area (Å²) in [6.07, 6.45) is 1.75. The van der Waals surface area contributed by atoms with Crippen molar-refractivity contribution in [2.24, 2.45) is 5.92 Å². The van der Waals surface area contributed by atoms with Crippen LogP contribution in [0.25, 0.3) is 11.1 Å². The lowest BCUT2D eigenvalue weighted by Crippen LogP contribution is -2.41. The van der Waals surface area contributed by atoms with Crippen molar-refractivity contribution in [3.05, 3.63) is 45.9 Å². The molecule has 3 heterocycles. The zero-order valence-corrected chi connectivity index (χ0v) is 17.9. The summed E-state index contributed by atoms with van der Waals surface area (Å²) in [5.74, 6) is 2.22. The van der Waals surface area contributed by atoms with Gasteiger partial charge >= 0.3 is 0 Å². The molecule has 1 aromatic carbocycles. The molecule has 7 heteroatoms. The van der Waals surface area contributed by atoms with E-state index in [4.69, 9.17) is 21.0 Å². The molecule has 3 aromatic rings. The first-order valence-corrected chi connectivity index (χ1v) is 10.3. The first-order valence-electron chi connectivity index (χ1n) is 9.90. The summed E-state index contributed by atoms with van der Waals surface area (Å²) in [6, 6.07) is 5.65. The molecule has 4 rings (SSSR count). The first kappa shape index (κ1) is 19.7. The number of anilines is 2. The Morgan fingerprint density at radius 1 is 1.24 bits per heavy atom. The van der Waals surface area contributed by atoms with Crippen LogP contribution in [0, 0.1) is 33.6 Å². The summed E-state index contributed by atoms with van der Waals surface area (Å²) in [5, 5.41) is 4.49. The zero-order valence-electron chi connectivity index (χ0n) is 17.2. The number of nitrogens with zero attached hydrogens (tertiary/aromatic N) is 3. The lowest BCUT2D eigenvalue weighted by atomic mass is 9.96. The number of carbonyl (C=O) groups is 1. The minimum absolute atomic E-state index is 0.0115. The third-order valence-corrected chi connectivity index (χ3v) is 5.91. The number of amides is 1. The van der Waals surface area contributed by atoms with Crippen molar-refractivity contribution in [3.8, 4) is 0 Å². The van der Waals surface area contributed by atoms with Crippen molar-refractivity contribution in [1.82, 2.24) is 9.97 Å². The Bertz CT molecular complexity index is 1090. The molecule has 2 aromatic heterocycles. The molecule has 0 unspecified atom stereocenters. The fourth-order valence-corrected chi connectivity index (χ4v) is 4.18. The Morgan fingerprint density at radius 3 is 2.79 bits per heavy atom. The van der Waals surface area contributed by atoms with Crippen LogP contribution >= 0.6 is 11.6 Å². The van der Waals surface area contributed by atoms with Crippen LogP contribution in [0.4, 0.5) is 11.5 Å². The molecule has 29 heavy (non-hydrogen) atoms. The summed E-state index contributed by atoms with van der Waals surface area (Å²) >= 11 is 6.29. The van der Waals surface area contributed by atoms with E-state index >= 15 is 0 Å². The average molecular weight is 413 g/mol. The Labute approximate surface area is 175 Å². The van der Waals surface area contributed by atoms with Crippen LogP contribution in [-0.2, 0) is 4.79 Å². The van der Waals surface area contributed by atoms with E-state index in [1.165, 1.54) is 0 Å². The molecule has 1 aliphatic rings. The van der Waals surface area contributed by atoms with Crippen molar-refractivity contribution in [2.45, 2.75) is 40.5 Å². The van der Waals surface area contributed by atoms with Crippen LogP contribution in [-0.4, -0.2) is 29.0 Å². The highest BCUT2D eigenvalue weighted by Gasteiger charge is 2.29. The molecule has 1 aliphatic heterocycles. The second-order valence-electron chi connectivity index (χ2n) is 7.82. The SMILES string of the molecule is Cc1ccc(NC(=O)[C@@H]2CCCN(c3nc(C)nc4oc(C)c(C)c34)C2)c(Cl)c1. The number of hydrogen-bond acceptors (Lipinski definition) is 5. The normalized spacial score (nSPS) is 17.0. The van der Waals surface area contributed by atoms with Gasteiger partial charge in [-0.2, -0.15) is 4.98 Å². The van der Waals surface area contributed by atoms with E-state index in [1.54, 1.807) is 0 Å². The number of nitrogens with one attached hydrogen (secondary N) is 1. The van der Waals surface area contributed by atoms with Gasteiger partial charge in [-0.3, -0.25) is 4.79 Å². The van der Waals surface area contributed by atoms with Gasteiger partial charge in [-0.05, 0) is 58.2 Å². The van der Waals surface area contributed by atoms with Crippen LogP contribution in [0.5, 0.6) is 0 Å². The summed E-state index contributed by atoms with van der Waals surface area (Å²) in [7, 11) is 0. The van der Waals surface area contributed by atoms with E-state index in [1.807, 2.05) is 45.9 Å². The van der Waals surface area contributed by atoms with Gasteiger partial charge in [-0.1, -0.05) is 17.7 Å². The van der Waals surface area contributed by atoms with E-state index in [0.29, 0.717) is 28.8 Å². The molecule has 0 aliphatic carbocycles. The van der Waals surface area contributed by atoms with E-state index in [2.05, 4.69) is 15.2 Å². The van der Waals surface area contributed by atoms with Crippen LogP contribution in [0.1, 0.15) is 35.6 Å². The number of rotatable bonds is 3. The quantitative estimate of drug-likeness (QED) is 0.657. The standard InChI is InChI=1S/C22H25ClN4O2/c1-12-7-8-18(17(23)10-12)26-21(28)16-6-5-9-27(11-16)20-19-13(2)14(3)29-22(19)25-15(4)24-20/h7-8,10,16H,5-6,9,11H2,1-4H3,(H,26,28)/t16-/m1/s1. The molecule has 152 valence electrons. The van der Waals surface area contributed by atoms with Gasteiger partial charge in [0.2, 0.25) is 11.6 Å². The Kier molecular flexibility index (Phi) is 5.21. The molecular weight excluding hydrogens is 388 g/mol. The number of piperidine rings is 1. The van der Waals surface area contributed by atoms with E-state index in [0.717, 1.165) is 47.5 Å². The van der Waals surface area contributed by atoms with Gasteiger partial charge in [-0.15, -0.1) is 0 Å². The van der Waals surface area contributed by atoms with E-state index < -0.39 is 0 Å². The predicted molar refractivity (Wildman–Crippen MR) is 116 cm³/mol. The van der Waals surface area contributed by atoms with Crippen molar-refractivity contribution in [2.75, 3.05) is 23.3 Å². The molecule has 1 saturated heterocycles. The van der Waals surface area contributed by atoms with Crippen LogP contribution in [0.3, 0.4) is 0 Å². The maximum absolute atomic E-state index is 12.9. The molecule has 0 radical (unpaired) electrons. The number of carbonyl (C=O) groups excluding carboxylic acids is 1. The minimum atomic E-state index is -0.139. The van der Waals surface area contributed by atoms with Crippen LogP contribution in [0.2, 0.25) is 5.02 Å². The maximum Gasteiger partial charge on any atom is 0.231 e. The number of furan rings is 1. The van der Waals surface area contributed by atoms with Crippen molar-refractivity contribution in [3.63, 3.8) is 0 Å². The summed E-state index contributed by atoms with van der Waals surface area (Å²) in [4.78, 5) is 24.3. The van der Waals surface area contributed by atoms with Crippen molar-refractivity contribution >= 4 is 40.1 Å². The number of hydrogen-bond donors (Lipinski definition) is 1. The van der Waals surface area contributed by atoms with E-state index in [-0.39, 0.29) is 11.8 Å². The van der Waals surface area contributed by atoms with Gasteiger partial charge in [0.05, 0.1) is 22.0 Å². The van der Waals surface area contributed by atoms with Gasteiger partial charge in [0.1, 0.15) is 17.4 Å². The average Bonchev–Trinajstić information content (AvgIpc) is 2.97.